The van der Waals surface area contributed by atoms with E-state index in [1.54, 1.807) is 42.5 Å². The fourth-order valence-electron chi connectivity index (χ4n) is 14.0. The third-order valence-electron chi connectivity index (χ3n) is 18.2. The van der Waals surface area contributed by atoms with Gasteiger partial charge in [0.25, 0.3) is 0 Å². The van der Waals surface area contributed by atoms with Crippen LogP contribution in [0.3, 0.4) is 0 Å². The zero-order chi connectivity index (χ0) is 65.0. The molecule has 4 aromatic carbocycles. The molecule has 6 saturated carbocycles. The first-order chi connectivity index (χ1) is 44.6. The summed E-state index contributed by atoms with van der Waals surface area (Å²) in [5.74, 6) is 2.11. The predicted molar refractivity (Wildman–Crippen MR) is 333 cm³/mol. The number of carbonyl (C=O) groups is 2. The number of anilines is 2. The number of ether oxygens (including phenoxy) is 7. The smallest absolute Gasteiger partial charge is 0.489 e. The van der Waals surface area contributed by atoms with Gasteiger partial charge in [-0.25, -0.2) is 19.6 Å². The molecule has 4 bridgehead atoms. The van der Waals surface area contributed by atoms with E-state index < -0.39 is 24.7 Å². The van der Waals surface area contributed by atoms with Crippen LogP contribution < -0.4 is 29.6 Å². The van der Waals surface area contributed by atoms with Crippen LogP contribution in [0, 0.1) is 23.7 Å². The van der Waals surface area contributed by atoms with Crippen molar-refractivity contribution in [3.63, 3.8) is 0 Å². The molecule has 8 aromatic rings. The van der Waals surface area contributed by atoms with Crippen molar-refractivity contribution < 1.29 is 83.2 Å². The number of carbonyl (C=O) groups excluding carboxylic acids is 1. The molecule has 18 nitrogen and oxygen atoms in total. The first-order valence-corrected chi connectivity index (χ1v) is 33.2. The number of aromatic nitrogens is 4. The molecule has 14 rings (SSSR count). The molecule has 26 heteroatoms. The SMILES string of the molecule is CC(C)Oc1cc(C(=O)O)cc2sc(NC3C4CCC3CC(OCc3c(-c5ccccc5OC(F)(F)F)noc3C3CC3)C4)nc12.COC(=O)c1cc(OC(C)C)c2nc(NC3C4CCC3CC(OCc3c(-c5ccccc5OC(F)(F)F)noc3C3CC3)C4)sc2c1. The summed E-state index contributed by atoms with van der Waals surface area (Å²) in [6, 6.07) is 19.0. The molecule has 0 spiro atoms. The van der Waals surface area contributed by atoms with Crippen LogP contribution >= 0.6 is 22.7 Å². The fourth-order valence-corrected chi connectivity index (χ4v) is 15.9. The van der Waals surface area contributed by atoms with Crippen molar-refractivity contribution >= 4 is 65.3 Å². The molecule has 4 heterocycles. The van der Waals surface area contributed by atoms with Crippen LogP contribution in [-0.4, -0.2) is 93.7 Å². The number of hydrogen-bond acceptors (Lipinski definition) is 19. The van der Waals surface area contributed by atoms with Gasteiger partial charge >= 0.3 is 24.7 Å². The molecule has 6 fully saturated rings. The predicted octanol–water partition coefficient (Wildman–Crippen LogP) is 16.9. The van der Waals surface area contributed by atoms with Gasteiger partial charge in [0.1, 0.15) is 56.9 Å². The first-order valence-electron chi connectivity index (χ1n) is 31.6. The number of hydrogen-bond donors (Lipinski definition) is 3. The van der Waals surface area contributed by atoms with Crippen LogP contribution in [0.1, 0.15) is 160 Å². The summed E-state index contributed by atoms with van der Waals surface area (Å²) in [7, 11) is 1.36. The highest BCUT2D eigenvalue weighted by Gasteiger charge is 2.46. The van der Waals surface area contributed by atoms with Crippen molar-refractivity contribution in [2.24, 2.45) is 23.7 Å². The average molecular weight is 1330 g/mol. The third-order valence-corrected chi connectivity index (χ3v) is 20.1. The van der Waals surface area contributed by atoms with E-state index in [0.717, 1.165) is 96.7 Å². The minimum atomic E-state index is -4.83. The van der Waals surface area contributed by atoms with Crippen molar-refractivity contribution in [3.8, 4) is 45.5 Å². The molecule has 93 heavy (non-hydrogen) atoms. The lowest BCUT2D eigenvalue weighted by Gasteiger charge is -2.35. The van der Waals surface area contributed by atoms with E-state index >= 15 is 0 Å². The molecule has 6 aliphatic rings. The van der Waals surface area contributed by atoms with Gasteiger partial charge in [0.2, 0.25) is 0 Å². The minimum Gasteiger partial charge on any atom is -0.489 e. The van der Waals surface area contributed by atoms with Gasteiger partial charge in [-0.05, 0) is 177 Å². The van der Waals surface area contributed by atoms with Crippen molar-refractivity contribution in [1.82, 2.24) is 20.3 Å². The molecule has 4 aromatic heterocycles. The quantitative estimate of drug-likeness (QED) is 0.0424. The van der Waals surface area contributed by atoms with Gasteiger partial charge in [-0.2, -0.15) is 0 Å². The molecule has 6 aliphatic carbocycles. The van der Waals surface area contributed by atoms with E-state index in [1.807, 2.05) is 27.7 Å². The summed E-state index contributed by atoms with van der Waals surface area (Å²) in [6.07, 6.45) is 1.45. The number of carboxylic acids is 1. The lowest BCUT2D eigenvalue weighted by atomic mass is 9.82. The Morgan fingerprint density at radius 1 is 0.581 bits per heavy atom. The van der Waals surface area contributed by atoms with Crippen LogP contribution in [0.4, 0.5) is 36.6 Å². The maximum Gasteiger partial charge on any atom is 0.573 e. The van der Waals surface area contributed by atoms with E-state index in [0.29, 0.717) is 85.8 Å². The van der Waals surface area contributed by atoms with Gasteiger partial charge in [0, 0.05) is 46.2 Å². The molecule has 494 valence electrons. The number of alkyl halides is 6. The number of carboxylic acid groups (broad SMARTS) is 1. The highest BCUT2D eigenvalue weighted by Crippen LogP contribution is 2.51. The normalized spacial score (nSPS) is 22.7. The van der Waals surface area contributed by atoms with E-state index in [9.17, 15) is 41.0 Å². The number of halogens is 6. The number of methoxy groups -OCH3 is 1. The van der Waals surface area contributed by atoms with Crippen molar-refractivity contribution in [2.45, 2.75) is 179 Å². The lowest BCUT2D eigenvalue weighted by Crippen LogP contribution is -2.39. The summed E-state index contributed by atoms with van der Waals surface area (Å²) in [6.45, 7) is 8.03. The monoisotopic (exact) mass is 1330 g/mol. The number of para-hydroxylation sites is 2. The van der Waals surface area contributed by atoms with E-state index in [-0.39, 0.29) is 89.7 Å². The maximum absolute atomic E-state index is 13.2. The van der Waals surface area contributed by atoms with Gasteiger partial charge in [-0.15, -0.1) is 26.3 Å². The largest absolute Gasteiger partial charge is 0.573 e. The van der Waals surface area contributed by atoms with Crippen molar-refractivity contribution in [1.29, 1.82) is 0 Å². The second kappa shape index (κ2) is 26.3. The summed E-state index contributed by atoms with van der Waals surface area (Å²) in [4.78, 5) is 33.7. The molecule has 0 saturated heterocycles. The fraction of sp³-hybridized carbons (Fsp3) is 0.493. The molecule has 0 aliphatic heterocycles. The van der Waals surface area contributed by atoms with Gasteiger partial charge in [0.05, 0.1) is 65.3 Å². The molecule has 4 unspecified atom stereocenters. The number of aromatic carboxylic acids is 1. The van der Waals surface area contributed by atoms with Crippen LogP contribution in [0.15, 0.2) is 81.8 Å². The molecular weight excluding hydrogens is 1260 g/mol. The number of rotatable bonds is 22. The van der Waals surface area contributed by atoms with E-state index in [4.69, 9.17) is 42.7 Å². The Kier molecular flexibility index (Phi) is 18.1. The first kappa shape index (κ1) is 64.0. The molecule has 3 N–H and O–H groups in total. The molecule has 0 amide bonds. The lowest BCUT2D eigenvalue weighted by molar-refractivity contribution is -0.275. The summed E-state index contributed by atoms with van der Waals surface area (Å²) >= 11 is 2.91. The second-order valence-corrected chi connectivity index (χ2v) is 27.6. The number of nitrogens with one attached hydrogen (secondary N) is 2. The third kappa shape index (κ3) is 14.5. The van der Waals surface area contributed by atoms with Crippen LogP contribution in [0.2, 0.25) is 0 Å². The topological polar surface area (TPSA) is 221 Å². The van der Waals surface area contributed by atoms with Crippen molar-refractivity contribution in [3.05, 3.63) is 107 Å². The van der Waals surface area contributed by atoms with Gasteiger partial charge in [0.15, 0.2) is 10.3 Å². The van der Waals surface area contributed by atoms with Gasteiger partial charge < -0.3 is 57.9 Å². The molecule has 4 atom stereocenters. The zero-order valence-corrected chi connectivity index (χ0v) is 53.2. The number of esters is 1. The van der Waals surface area contributed by atoms with E-state index in [2.05, 4.69) is 30.4 Å². The van der Waals surface area contributed by atoms with Gasteiger partial charge in [-0.1, -0.05) is 57.3 Å². The second-order valence-electron chi connectivity index (χ2n) is 25.5. The highest BCUT2D eigenvalue weighted by molar-refractivity contribution is 7.22. The Morgan fingerprint density at radius 2 is 0.978 bits per heavy atom. The van der Waals surface area contributed by atoms with Gasteiger partial charge in [-0.3, -0.25) is 0 Å². The van der Waals surface area contributed by atoms with Crippen LogP contribution in [-0.2, 0) is 27.4 Å². The number of thiazole rings is 2. The Hall–Kier alpha value is -7.68. The highest BCUT2D eigenvalue weighted by atomic mass is 32.1. The summed E-state index contributed by atoms with van der Waals surface area (Å²) in [5.41, 5.74) is 4.41. The standard InChI is InChI=1S/C34H36F3N3O6S.C33H34F3N3O6S/c1-17(2)44-26-14-21(32(41)42-3)15-27-30(26)39-33(47-27)38-28-19-10-11-20(28)13-22(12-19)43-16-24-29(40-46-31(24)18-8-9-18)23-6-4-5-7-25(23)45-34(35,36)37;1-16(2)43-25-13-20(31(40)41)14-26-29(25)38-32(46-26)37-27-18-9-10-19(27)12-21(11-18)42-15-23-28(39-45-30(23)17-7-8-17)22-5-3-4-6-24(22)44-33(34,35)36/h4-7,14-15,17-20,22,28H,8-13,16H2,1-3H3,(H,38,39);3-6,13-14,16-19,21,27H,7-12,15H2,1-2H3,(H,37,38)(H,40,41). The molecular formula is C67H70F6N6O12S2. The summed E-state index contributed by atoms with van der Waals surface area (Å²) in [5, 5.41) is 26.9. The maximum atomic E-state index is 13.2. The van der Waals surface area contributed by atoms with E-state index in [1.165, 1.54) is 60.1 Å². The minimum absolute atomic E-state index is 0.00829. The van der Waals surface area contributed by atoms with Crippen LogP contribution in [0.5, 0.6) is 23.0 Å². The zero-order valence-electron chi connectivity index (χ0n) is 51.6. The average Bonchev–Trinajstić information content (AvgIpc) is 1.73. The number of fused-ring (bicyclic) bond motifs is 6. The summed E-state index contributed by atoms with van der Waals surface area (Å²) < 4.78 is 130. The Balaban J connectivity index is 0.000000169. The number of benzene rings is 4. The number of nitrogens with zero attached hydrogens (tertiary/aromatic N) is 4. The molecule has 0 radical (unpaired) electrons. The Morgan fingerprint density at radius 3 is 1.35 bits per heavy atom. The Bertz CT molecular complexity index is 4000. The van der Waals surface area contributed by atoms with Crippen molar-refractivity contribution in [2.75, 3.05) is 17.7 Å². The van der Waals surface area contributed by atoms with Crippen LogP contribution in [0.25, 0.3) is 42.9 Å². The Labute approximate surface area is 538 Å².